The van der Waals surface area contributed by atoms with Gasteiger partial charge in [0.1, 0.15) is 6.10 Å². The average Bonchev–Trinajstić information content (AvgIpc) is 2.87. The van der Waals surface area contributed by atoms with Crippen LogP contribution in [0.3, 0.4) is 0 Å². The molecule has 1 aromatic carbocycles. The highest BCUT2D eigenvalue weighted by molar-refractivity contribution is 9.10. The van der Waals surface area contributed by atoms with Crippen molar-refractivity contribution in [2.75, 3.05) is 6.54 Å². The molecule has 0 saturated carbocycles. The van der Waals surface area contributed by atoms with E-state index >= 15 is 0 Å². The molecule has 0 spiro atoms. The summed E-state index contributed by atoms with van der Waals surface area (Å²) < 4.78 is 6.65. The largest absolute Gasteiger partial charge is 0.364 e. The van der Waals surface area contributed by atoms with E-state index in [1.54, 1.807) is 0 Å². The molecule has 1 amide bonds. The van der Waals surface area contributed by atoms with Gasteiger partial charge in [-0.15, -0.1) is 12.4 Å². The third-order valence-electron chi connectivity index (χ3n) is 3.66. The molecule has 1 aromatic rings. The molecule has 1 aliphatic heterocycles. The van der Waals surface area contributed by atoms with Gasteiger partial charge in [0.05, 0.1) is 11.6 Å². The number of carbonyl (C=O) groups excluding carboxylic acids is 1. The Labute approximate surface area is 140 Å². The van der Waals surface area contributed by atoms with Gasteiger partial charge in [0.2, 0.25) is 5.91 Å². The Morgan fingerprint density at radius 3 is 2.52 bits per heavy atom. The first-order valence-corrected chi connectivity index (χ1v) is 7.65. The highest BCUT2D eigenvalue weighted by Crippen LogP contribution is 2.24. The molecule has 1 heterocycles. The number of benzene rings is 1. The van der Waals surface area contributed by atoms with Crippen LogP contribution >= 0.6 is 28.3 Å². The van der Waals surface area contributed by atoms with E-state index in [1.165, 1.54) is 0 Å². The topological polar surface area (TPSA) is 64.4 Å². The van der Waals surface area contributed by atoms with Crippen molar-refractivity contribution in [1.82, 2.24) is 5.32 Å². The number of halogens is 2. The van der Waals surface area contributed by atoms with Crippen molar-refractivity contribution in [3.05, 3.63) is 34.3 Å². The van der Waals surface area contributed by atoms with Crippen molar-refractivity contribution in [1.29, 1.82) is 0 Å². The Morgan fingerprint density at radius 2 is 2.00 bits per heavy atom. The molecule has 4 nitrogen and oxygen atoms in total. The molecule has 21 heavy (non-hydrogen) atoms. The maximum Gasteiger partial charge on any atom is 0.249 e. The second kappa shape index (κ2) is 7.58. The zero-order chi connectivity index (χ0) is 14.8. The van der Waals surface area contributed by atoms with Crippen molar-refractivity contribution in [3.8, 4) is 0 Å². The standard InChI is InChI=1S/C15H21BrN2O2.ClH/c1-15(2,10-3-5-11(16)6-4-10)18-14(19)13-8-7-12(9-17)20-13;/h3-6,12-13H,7-9,17H2,1-2H3,(H,18,19);1H/t12-,13+;/m1./s1. The average molecular weight is 378 g/mol. The molecule has 2 rings (SSSR count). The third-order valence-corrected chi connectivity index (χ3v) is 4.19. The zero-order valence-electron chi connectivity index (χ0n) is 12.3. The summed E-state index contributed by atoms with van der Waals surface area (Å²) in [5, 5.41) is 3.06. The summed E-state index contributed by atoms with van der Waals surface area (Å²) in [6, 6.07) is 7.95. The van der Waals surface area contributed by atoms with Crippen molar-refractivity contribution >= 4 is 34.2 Å². The number of ether oxygens (including phenoxy) is 1. The minimum atomic E-state index is -0.429. The van der Waals surface area contributed by atoms with Crippen LogP contribution in [-0.2, 0) is 15.1 Å². The third kappa shape index (κ3) is 4.68. The van der Waals surface area contributed by atoms with Gasteiger partial charge < -0.3 is 15.8 Å². The Hall–Kier alpha value is -0.620. The quantitative estimate of drug-likeness (QED) is 0.848. The van der Waals surface area contributed by atoms with Crippen LogP contribution in [0.4, 0.5) is 0 Å². The number of nitrogens with one attached hydrogen (secondary N) is 1. The molecule has 0 bridgehead atoms. The normalized spacial score (nSPS) is 21.7. The Kier molecular flexibility index (Phi) is 6.66. The Balaban J connectivity index is 0.00000220. The number of hydrogen-bond donors (Lipinski definition) is 2. The Morgan fingerprint density at radius 1 is 1.38 bits per heavy atom. The maximum absolute atomic E-state index is 12.3. The van der Waals surface area contributed by atoms with E-state index < -0.39 is 5.54 Å². The first kappa shape index (κ1) is 18.4. The number of nitrogens with two attached hydrogens (primary N) is 1. The molecule has 2 atom stereocenters. The molecule has 118 valence electrons. The van der Waals surface area contributed by atoms with Gasteiger partial charge >= 0.3 is 0 Å². The first-order valence-electron chi connectivity index (χ1n) is 6.86. The molecule has 0 aromatic heterocycles. The van der Waals surface area contributed by atoms with E-state index in [4.69, 9.17) is 10.5 Å². The van der Waals surface area contributed by atoms with Crippen LogP contribution in [0.2, 0.25) is 0 Å². The van der Waals surface area contributed by atoms with Crippen LogP contribution in [0, 0.1) is 0 Å². The fourth-order valence-corrected chi connectivity index (χ4v) is 2.66. The van der Waals surface area contributed by atoms with E-state index in [9.17, 15) is 4.79 Å². The predicted octanol–water partition coefficient (Wildman–Crippen LogP) is 2.73. The van der Waals surface area contributed by atoms with E-state index in [0.29, 0.717) is 6.54 Å². The van der Waals surface area contributed by atoms with E-state index in [0.717, 1.165) is 22.9 Å². The lowest BCUT2D eigenvalue weighted by Crippen LogP contribution is -2.46. The minimum absolute atomic E-state index is 0. The summed E-state index contributed by atoms with van der Waals surface area (Å²) in [6.07, 6.45) is 1.23. The fourth-order valence-electron chi connectivity index (χ4n) is 2.40. The van der Waals surface area contributed by atoms with Crippen molar-refractivity contribution in [3.63, 3.8) is 0 Å². The summed E-state index contributed by atoms with van der Waals surface area (Å²) >= 11 is 3.41. The molecule has 1 saturated heterocycles. The van der Waals surface area contributed by atoms with Crippen LogP contribution in [0.5, 0.6) is 0 Å². The molecule has 1 fully saturated rings. The van der Waals surface area contributed by atoms with E-state index in [1.807, 2.05) is 38.1 Å². The molecule has 0 aliphatic carbocycles. The predicted molar refractivity (Wildman–Crippen MR) is 89.5 cm³/mol. The molecule has 6 heteroatoms. The maximum atomic E-state index is 12.3. The molecule has 0 unspecified atom stereocenters. The highest BCUT2D eigenvalue weighted by Gasteiger charge is 2.33. The van der Waals surface area contributed by atoms with Crippen LogP contribution in [0.15, 0.2) is 28.7 Å². The van der Waals surface area contributed by atoms with Crippen molar-refractivity contribution < 1.29 is 9.53 Å². The van der Waals surface area contributed by atoms with Crippen LogP contribution < -0.4 is 11.1 Å². The van der Waals surface area contributed by atoms with Crippen LogP contribution in [0.1, 0.15) is 32.3 Å². The van der Waals surface area contributed by atoms with Gasteiger partial charge in [-0.05, 0) is 44.4 Å². The lowest BCUT2D eigenvalue weighted by atomic mass is 9.94. The summed E-state index contributed by atoms with van der Waals surface area (Å²) in [5.74, 6) is -0.0612. The number of amides is 1. The van der Waals surface area contributed by atoms with Gasteiger partial charge in [0, 0.05) is 11.0 Å². The summed E-state index contributed by atoms with van der Waals surface area (Å²) in [5.41, 5.74) is 6.20. The van der Waals surface area contributed by atoms with E-state index in [-0.39, 0.29) is 30.5 Å². The smallest absolute Gasteiger partial charge is 0.249 e. The van der Waals surface area contributed by atoms with Gasteiger partial charge in [-0.3, -0.25) is 4.79 Å². The van der Waals surface area contributed by atoms with Gasteiger partial charge in [-0.2, -0.15) is 0 Å². The zero-order valence-corrected chi connectivity index (χ0v) is 14.7. The molecular formula is C15H22BrClN2O2. The number of carbonyl (C=O) groups is 1. The second-order valence-electron chi connectivity index (χ2n) is 5.68. The highest BCUT2D eigenvalue weighted by atomic mass is 79.9. The van der Waals surface area contributed by atoms with Crippen molar-refractivity contribution in [2.24, 2.45) is 5.73 Å². The lowest BCUT2D eigenvalue weighted by molar-refractivity contribution is -0.133. The number of rotatable bonds is 4. The lowest BCUT2D eigenvalue weighted by Gasteiger charge is -2.28. The summed E-state index contributed by atoms with van der Waals surface area (Å²) in [4.78, 5) is 12.3. The van der Waals surface area contributed by atoms with Crippen LogP contribution in [-0.4, -0.2) is 24.7 Å². The van der Waals surface area contributed by atoms with Gasteiger partial charge in [-0.1, -0.05) is 28.1 Å². The summed E-state index contributed by atoms with van der Waals surface area (Å²) in [6.45, 7) is 4.45. The summed E-state index contributed by atoms with van der Waals surface area (Å²) in [7, 11) is 0. The first-order chi connectivity index (χ1) is 9.42. The van der Waals surface area contributed by atoms with Gasteiger partial charge in [0.15, 0.2) is 0 Å². The van der Waals surface area contributed by atoms with E-state index in [2.05, 4.69) is 21.2 Å². The molecular weight excluding hydrogens is 356 g/mol. The minimum Gasteiger partial charge on any atom is -0.364 e. The molecule has 1 aliphatic rings. The molecule has 0 radical (unpaired) electrons. The SMILES string of the molecule is CC(C)(NC(=O)[C@@H]1CC[C@H](CN)O1)c1ccc(Br)cc1.Cl. The van der Waals surface area contributed by atoms with Crippen molar-refractivity contribution in [2.45, 2.75) is 44.4 Å². The Bertz CT molecular complexity index is 479. The van der Waals surface area contributed by atoms with Crippen LogP contribution in [0.25, 0.3) is 0 Å². The fraction of sp³-hybridized carbons (Fsp3) is 0.533. The number of hydrogen-bond acceptors (Lipinski definition) is 3. The monoisotopic (exact) mass is 376 g/mol. The van der Waals surface area contributed by atoms with Gasteiger partial charge in [-0.25, -0.2) is 0 Å². The van der Waals surface area contributed by atoms with Gasteiger partial charge in [0.25, 0.3) is 0 Å². The molecule has 3 N–H and O–H groups in total. The second-order valence-corrected chi connectivity index (χ2v) is 6.60.